The van der Waals surface area contributed by atoms with Crippen LogP contribution in [0.25, 0.3) is 0 Å². The lowest BCUT2D eigenvalue weighted by molar-refractivity contribution is -0.153. The summed E-state index contributed by atoms with van der Waals surface area (Å²) in [5, 5.41) is 21.2. The average molecular weight is 276 g/mol. The van der Waals surface area contributed by atoms with Crippen LogP contribution >= 0.6 is 0 Å². The highest BCUT2D eigenvalue weighted by atomic mass is 16.5. The van der Waals surface area contributed by atoms with Crippen molar-refractivity contribution in [3.63, 3.8) is 0 Å². The molecule has 106 valence electrons. The summed E-state index contributed by atoms with van der Waals surface area (Å²) < 4.78 is 5.22. The normalized spacial score (nSPS) is 17.2. The Morgan fingerprint density at radius 3 is 2.85 bits per heavy atom. The summed E-state index contributed by atoms with van der Waals surface area (Å²) in [5.41, 5.74) is 0.0600. The molecule has 0 spiro atoms. The lowest BCUT2D eigenvalue weighted by Crippen LogP contribution is -2.42. The van der Waals surface area contributed by atoms with Gasteiger partial charge in [0.05, 0.1) is 5.41 Å². The van der Waals surface area contributed by atoms with Crippen LogP contribution in [-0.4, -0.2) is 40.8 Å². The van der Waals surface area contributed by atoms with Gasteiger partial charge in [0.25, 0.3) is 0 Å². The molecule has 7 heteroatoms. The molecule has 0 bridgehead atoms. The molecule has 0 unspecified atom stereocenters. The van der Waals surface area contributed by atoms with Crippen molar-refractivity contribution in [3.8, 4) is 6.07 Å². The number of nitrogens with zero attached hydrogens (tertiary/aromatic N) is 3. The zero-order valence-electron chi connectivity index (χ0n) is 11.2. The van der Waals surface area contributed by atoms with Crippen LogP contribution in [-0.2, 0) is 9.53 Å². The number of hydrogen-bond acceptors (Lipinski definition) is 6. The molecule has 1 saturated heterocycles. The Hall–Kier alpha value is -2.20. The van der Waals surface area contributed by atoms with Crippen molar-refractivity contribution in [2.45, 2.75) is 19.8 Å². The van der Waals surface area contributed by atoms with Crippen molar-refractivity contribution >= 4 is 11.9 Å². The van der Waals surface area contributed by atoms with E-state index in [0.29, 0.717) is 31.7 Å². The molecule has 1 fully saturated rings. The molecular weight excluding hydrogens is 260 g/mol. The number of aryl methyl sites for hydroxylation is 1. The number of ether oxygens (including phenoxy) is 1. The second-order valence-corrected chi connectivity index (χ2v) is 4.88. The van der Waals surface area contributed by atoms with Gasteiger partial charge in [-0.1, -0.05) is 0 Å². The van der Waals surface area contributed by atoms with Crippen LogP contribution in [0.15, 0.2) is 6.07 Å². The minimum absolute atomic E-state index is 0.222. The SMILES string of the molecule is Cc1cc(C#N)nc(NCC2(C(=O)O)CCOCC2)n1. The van der Waals surface area contributed by atoms with E-state index >= 15 is 0 Å². The van der Waals surface area contributed by atoms with E-state index in [4.69, 9.17) is 10.00 Å². The summed E-state index contributed by atoms with van der Waals surface area (Å²) in [4.78, 5) is 19.7. The number of carboxylic acids is 1. The van der Waals surface area contributed by atoms with Gasteiger partial charge in [0.15, 0.2) is 0 Å². The predicted molar refractivity (Wildman–Crippen MR) is 70.1 cm³/mol. The Bertz CT molecular complexity index is 547. The van der Waals surface area contributed by atoms with Gasteiger partial charge in [-0.05, 0) is 25.8 Å². The number of rotatable bonds is 4. The Morgan fingerprint density at radius 2 is 2.25 bits per heavy atom. The highest BCUT2D eigenvalue weighted by Gasteiger charge is 2.40. The van der Waals surface area contributed by atoms with E-state index in [-0.39, 0.29) is 18.2 Å². The molecule has 2 heterocycles. The fourth-order valence-electron chi connectivity index (χ4n) is 2.18. The smallest absolute Gasteiger partial charge is 0.311 e. The van der Waals surface area contributed by atoms with Gasteiger partial charge in [0.2, 0.25) is 5.95 Å². The van der Waals surface area contributed by atoms with Gasteiger partial charge in [-0.15, -0.1) is 0 Å². The maximum Gasteiger partial charge on any atom is 0.311 e. The number of aliphatic carboxylic acids is 1. The molecule has 0 aromatic carbocycles. The Kier molecular flexibility index (Phi) is 4.15. The first-order valence-corrected chi connectivity index (χ1v) is 6.36. The second kappa shape index (κ2) is 5.84. The highest BCUT2D eigenvalue weighted by molar-refractivity contribution is 5.75. The van der Waals surface area contributed by atoms with Crippen molar-refractivity contribution in [2.24, 2.45) is 5.41 Å². The number of nitrogens with one attached hydrogen (secondary N) is 1. The molecule has 0 aliphatic carbocycles. The van der Waals surface area contributed by atoms with E-state index in [9.17, 15) is 9.90 Å². The third kappa shape index (κ3) is 3.03. The van der Waals surface area contributed by atoms with Gasteiger partial charge in [0, 0.05) is 25.5 Å². The van der Waals surface area contributed by atoms with Crippen LogP contribution in [0.3, 0.4) is 0 Å². The largest absolute Gasteiger partial charge is 0.481 e. The van der Waals surface area contributed by atoms with Crippen molar-refractivity contribution in [1.29, 1.82) is 5.26 Å². The van der Waals surface area contributed by atoms with Crippen LogP contribution in [0.4, 0.5) is 5.95 Å². The van der Waals surface area contributed by atoms with E-state index < -0.39 is 11.4 Å². The predicted octanol–water partition coefficient (Wildman–Crippen LogP) is 0.950. The zero-order chi connectivity index (χ0) is 14.6. The van der Waals surface area contributed by atoms with Crippen LogP contribution in [0.2, 0.25) is 0 Å². The van der Waals surface area contributed by atoms with Crippen LogP contribution < -0.4 is 5.32 Å². The number of hydrogen-bond donors (Lipinski definition) is 2. The first-order valence-electron chi connectivity index (χ1n) is 6.36. The van der Waals surface area contributed by atoms with E-state index in [0.717, 1.165) is 0 Å². The van der Waals surface area contributed by atoms with Gasteiger partial charge in [-0.3, -0.25) is 4.79 Å². The lowest BCUT2D eigenvalue weighted by Gasteiger charge is -2.33. The summed E-state index contributed by atoms with van der Waals surface area (Å²) in [5.74, 6) is -0.560. The van der Waals surface area contributed by atoms with Gasteiger partial charge in [-0.25, -0.2) is 9.97 Å². The zero-order valence-corrected chi connectivity index (χ0v) is 11.2. The molecule has 2 rings (SSSR count). The third-order valence-electron chi connectivity index (χ3n) is 3.46. The van der Waals surface area contributed by atoms with Gasteiger partial charge in [-0.2, -0.15) is 5.26 Å². The molecule has 0 radical (unpaired) electrons. The Balaban J connectivity index is 2.12. The highest BCUT2D eigenvalue weighted by Crippen LogP contribution is 2.30. The van der Waals surface area contributed by atoms with E-state index in [1.54, 1.807) is 13.0 Å². The quantitative estimate of drug-likeness (QED) is 0.842. The summed E-state index contributed by atoms with van der Waals surface area (Å²) >= 11 is 0. The number of aromatic nitrogens is 2. The van der Waals surface area contributed by atoms with Crippen LogP contribution in [0.5, 0.6) is 0 Å². The average Bonchev–Trinajstić information content (AvgIpc) is 2.45. The van der Waals surface area contributed by atoms with Crippen LogP contribution in [0, 0.1) is 23.7 Å². The molecule has 7 nitrogen and oxygen atoms in total. The van der Waals surface area contributed by atoms with Gasteiger partial charge >= 0.3 is 5.97 Å². The number of nitriles is 1. The molecule has 0 saturated carbocycles. The van der Waals surface area contributed by atoms with Crippen molar-refractivity contribution in [3.05, 3.63) is 17.5 Å². The maximum atomic E-state index is 11.5. The minimum atomic E-state index is -0.863. The molecular formula is C13H16N4O3. The minimum Gasteiger partial charge on any atom is -0.481 e. The van der Waals surface area contributed by atoms with Crippen molar-refractivity contribution < 1.29 is 14.6 Å². The number of anilines is 1. The number of carboxylic acid groups (broad SMARTS) is 1. The molecule has 1 aliphatic rings. The van der Waals surface area contributed by atoms with Gasteiger partial charge in [0.1, 0.15) is 11.8 Å². The lowest BCUT2D eigenvalue weighted by atomic mass is 9.80. The summed E-state index contributed by atoms with van der Waals surface area (Å²) in [6.45, 7) is 2.85. The first kappa shape index (κ1) is 14.2. The Morgan fingerprint density at radius 1 is 1.55 bits per heavy atom. The van der Waals surface area contributed by atoms with E-state index in [1.165, 1.54) is 0 Å². The molecule has 1 aromatic rings. The standard InChI is InChI=1S/C13H16N4O3/c1-9-6-10(7-14)17-12(16-9)15-8-13(11(18)19)2-4-20-5-3-13/h6H,2-5,8H2,1H3,(H,18,19)(H,15,16,17). The number of carbonyl (C=O) groups is 1. The molecule has 0 amide bonds. The van der Waals surface area contributed by atoms with Crippen LogP contribution in [0.1, 0.15) is 24.2 Å². The molecule has 2 N–H and O–H groups in total. The Labute approximate surface area is 116 Å². The maximum absolute atomic E-state index is 11.5. The van der Waals surface area contributed by atoms with Crippen molar-refractivity contribution in [2.75, 3.05) is 25.1 Å². The third-order valence-corrected chi connectivity index (χ3v) is 3.46. The molecule has 0 atom stereocenters. The second-order valence-electron chi connectivity index (χ2n) is 4.88. The molecule has 1 aliphatic heterocycles. The molecule has 1 aromatic heterocycles. The monoisotopic (exact) mass is 276 g/mol. The first-order chi connectivity index (χ1) is 9.55. The summed E-state index contributed by atoms with van der Waals surface area (Å²) in [6, 6.07) is 3.53. The fourth-order valence-corrected chi connectivity index (χ4v) is 2.18. The van der Waals surface area contributed by atoms with E-state index in [1.807, 2.05) is 6.07 Å². The molecule has 20 heavy (non-hydrogen) atoms. The van der Waals surface area contributed by atoms with Gasteiger partial charge < -0.3 is 15.2 Å². The topological polar surface area (TPSA) is 108 Å². The summed E-state index contributed by atoms with van der Waals surface area (Å²) in [6.07, 6.45) is 0.901. The van der Waals surface area contributed by atoms with E-state index in [2.05, 4.69) is 15.3 Å². The fraction of sp³-hybridized carbons (Fsp3) is 0.538. The van der Waals surface area contributed by atoms with Crippen molar-refractivity contribution in [1.82, 2.24) is 9.97 Å². The summed E-state index contributed by atoms with van der Waals surface area (Å²) in [7, 11) is 0.